The van der Waals surface area contributed by atoms with Gasteiger partial charge in [-0.05, 0) is 38.5 Å². The molecule has 11 heteroatoms. The van der Waals surface area contributed by atoms with Gasteiger partial charge in [0.2, 0.25) is 5.91 Å². The molecule has 0 aromatic carbocycles. The van der Waals surface area contributed by atoms with E-state index in [1.165, 1.54) is 148 Å². The van der Waals surface area contributed by atoms with E-state index < -0.39 is 74.2 Å². The van der Waals surface area contributed by atoms with Crippen LogP contribution in [0.3, 0.4) is 0 Å². The van der Waals surface area contributed by atoms with Gasteiger partial charge in [0.05, 0.1) is 25.4 Å². The Balaban J connectivity index is 2.38. The van der Waals surface area contributed by atoms with Crippen molar-refractivity contribution in [3.05, 3.63) is 24.3 Å². The van der Waals surface area contributed by atoms with Crippen LogP contribution in [0.5, 0.6) is 0 Å². The van der Waals surface area contributed by atoms with Crippen LogP contribution in [0.4, 0.5) is 0 Å². The van der Waals surface area contributed by atoms with E-state index in [1.807, 2.05) is 0 Å². The van der Waals surface area contributed by atoms with Crippen molar-refractivity contribution in [2.24, 2.45) is 0 Å². The molecule has 372 valence electrons. The van der Waals surface area contributed by atoms with Gasteiger partial charge in [-0.3, -0.25) is 4.79 Å². The first-order valence-electron chi connectivity index (χ1n) is 26.3. The molecule has 1 aliphatic heterocycles. The van der Waals surface area contributed by atoms with Gasteiger partial charge in [0.25, 0.3) is 0 Å². The van der Waals surface area contributed by atoms with Crippen LogP contribution in [0, 0.1) is 0 Å². The molecule has 1 rings (SSSR count). The Bertz CT molecular complexity index is 1080. The summed E-state index contributed by atoms with van der Waals surface area (Å²) >= 11 is 0. The molecule has 1 saturated heterocycles. The fraction of sp³-hybridized carbons (Fsp3) is 0.904. The molecular weight excluding hydrogens is 799 g/mol. The predicted octanol–water partition coefficient (Wildman–Crippen LogP) is 9.79. The molecule has 0 saturated carbocycles. The van der Waals surface area contributed by atoms with Crippen molar-refractivity contribution in [3.63, 3.8) is 0 Å². The average molecular weight is 898 g/mol. The largest absolute Gasteiger partial charge is 0.394 e. The highest BCUT2D eigenvalue weighted by atomic mass is 16.7. The number of allylic oxidation sites excluding steroid dienone is 4. The third kappa shape index (κ3) is 31.2. The summed E-state index contributed by atoms with van der Waals surface area (Å²) in [5, 5.41) is 76.0. The van der Waals surface area contributed by atoms with Crippen LogP contribution in [0.25, 0.3) is 0 Å². The van der Waals surface area contributed by atoms with Crippen LogP contribution < -0.4 is 5.32 Å². The number of rotatable bonds is 44. The molecule has 0 radical (unpaired) electrons. The van der Waals surface area contributed by atoms with Crippen molar-refractivity contribution in [1.82, 2.24) is 5.32 Å². The Morgan fingerprint density at radius 1 is 0.556 bits per heavy atom. The number of nitrogens with one attached hydrogen (secondary N) is 1. The predicted molar refractivity (Wildman–Crippen MR) is 256 cm³/mol. The number of aliphatic hydroxyl groups is 7. The lowest BCUT2D eigenvalue weighted by molar-refractivity contribution is -0.303. The Labute approximate surface area is 384 Å². The van der Waals surface area contributed by atoms with E-state index in [0.717, 1.165) is 44.9 Å². The Hall–Kier alpha value is -1.41. The highest BCUT2D eigenvalue weighted by molar-refractivity contribution is 5.80. The SMILES string of the molecule is CCCCC/C=C\C=C/CCCCCCCCCCCC(O)C(=O)NC(COC1OC(CO)C(O)C(O)C1O)C(O)C(O)CCCCCCCCCCCCCCCCCCCC. The maximum Gasteiger partial charge on any atom is 0.249 e. The summed E-state index contributed by atoms with van der Waals surface area (Å²) in [7, 11) is 0. The number of hydrogen-bond donors (Lipinski definition) is 8. The maximum atomic E-state index is 13.1. The van der Waals surface area contributed by atoms with Gasteiger partial charge in [-0.25, -0.2) is 0 Å². The second-order valence-electron chi connectivity index (χ2n) is 18.6. The Morgan fingerprint density at radius 3 is 1.41 bits per heavy atom. The molecule has 1 amide bonds. The molecule has 8 N–H and O–H groups in total. The van der Waals surface area contributed by atoms with Gasteiger partial charge >= 0.3 is 0 Å². The summed E-state index contributed by atoms with van der Waals surface area (Å²) in [5.41, 5.74) is 0. The highest BCUT2D eigenvalue weighted by Gasteiger charge is 2.44. The van der Waals surface area contributed by atoms with Gasteiger partial charge < -0.3 is 50.5 Å². The van der Waals surface area contributed by atoms with Gasteiger partial charge in [0, 0.05) is 0 Å². The summed E-state index contributed by atoms with van der Waals surface area (Å²) in [6.45, 7) is 3.43. The molecular formula is C52H99NO10. The number of carbonyl (C=O) groups is 1. The molecule has 1 fully saturated rings. The number of aliphatic hydroxyl groups excluding tert-OH is 7. The summed E-state index contributed by atoms with van der Waals surface area (Å²) in [4.78, 5) is 13.1. The maximum absolute atomic E-state index is 13.1. The van der Waals surface area contributed by atoms with Crippen LogP contribution in [-0.2, 0) is 14.3 Å². The normalized spacial score (nSPS) is 21.3. The molecule has 9 unspecified atom stereocenters. The number of hydrogen-bond acceptors (Lipinski definition) is 10. The van der Waals surface area contributed by atoms with E-state index in [-0.39, 0.29) is 6.42 Å². The van der Waals surface area contributed by atoms with Gasteiger partial charge in [-0.15, -0.1) is 0 Å². The molecule has 11 nitrogen and oxygen atoms in total. The summed E-state index contributed by atoms with van der Waals surface area (Å²) in [6, 6.07) is -1.17. The zero-order chi connectivity index (χ0) is 46.2. The van der Waals surface area contributed by atoms with Crippen LogP contribution >= 0.6 is 0 Å². The van der Waals surface area contributed by atoms with Gasteiger partial charge in [-0.1, -0.05) is 218 Å². The Morgan fingerprint density at radius 2 is 0.952 bits per heavy atom. The molecule has 1 heterocycles. The first-order valence-corrected chi connectivity index (χ1v) is 26.3. The minimum atomic E-state index is -1.66. The third-order valence-corrected chi connectivity index (χ3v) is 12.8. The minimum Gasteiger partial charge on any atom is -0.394 e. The summed E-state index contributed by atoms with van der Waals surface area (Å²) in [5.74, 6) is -0.699. The molecule has 63 heavy (non-hydrogen) atoms. The fourth-order valence-corrected chi connectivity index (χ4v) is 8.43. The smallest absolute Gasteiger partial charge is 0.249 e. The molecule has 9 atom stereocenters. The van der Waals surface area contributed by atoms with E-state index in [9.17, 15) is 40.5 Å². The van der Waals surface area contributed by atoms with Crippen molar-refractivity contribution in [2.45, 2.75) is 287 Å². The van der Waals surface area contributed by atoms with E-state index in [1.54, 1.807) is 0 Å². The monoisotopic (exact) mass is 898 g/mol. The Kier molecular flexibility index (Phi) is 39.7. The van der Waals surface area contributed by atoms with Crippen molar-refractivity contribution in [3.8, 4) is 0 Å². The number of unbranched alkanes of at least 4 members (excludes halogenated alkanes) is 29. The summed E-state index contributed by atoms with van der Waals surface area (Å²) in [6.07, 6.45) is 36.4. The lowest BCUT2D eigenvalue weighted by Crippen LogP contribution is -2.60. The van der Waals surface area contributed by atoms with E-state index in [0.29, 0.717) is 19.3 Å². The molecule has 0 aromatic rings. The third-order valence-electron chi connectivity index (χ3n) is 12.8. The molecule has 0 aromatic heterocycles. The van der Waals surface area contributed by atoms with Crippen LogP contribution in [-0.4, -0.2) is 110 Å². The van der Waals surface area contributed by atoms with Gasteiger partial charge in [0.1, 0.15) is 36.6 Å². The van der Waals surface area contributed by atoms with Crippen molar-refractivity contribution in [2.75, 3.05) is 13.2 Å². The van der Waals surface area contributed by atoms with Crippen LogP contribution in [0.15, 0.2) is 24.3 Å². The van der Waals surface area contributed by atoms with E-state index in [2.05, 4.69) is 43.5 Å². The lowest BCUT2D eigenvalue weighted by atomic mass is 9.98. The van der Waals surface area contributed by atoms with E-state index in [4.69, 9.17) is 9.47 Å². The molecule has 1 aliphatic rings. The summed E-state index contributed by atoms with van der Waals surface area (Å²) < 4.78 is 11.1. The fourth-order valence-electron chi connectivity index (χ4n) is 8.43. The standard InChI is InChI=1S/C52H99NO10/c1-3-5-7-9-11-13-15-17-19-21-23-25-27-29-31-33-35-37-39-44(55)47(57)43(42-62-52-50(60)49(59)48(58)46(41-54)63-52)53-51(61)45(56)40-38-36-34-32-30-28-26-24-22-20-18-16-14-12-10-8-6-4-2/h12,14,16,18,43-50,52,54-60H,3-11,13,15,17,19-42H2,1-2H3,(H,53,61)/b14-12-,18-16-. The number of carbonyl (C=O) groups excluding carboxylic acids is 1. The first kappa shape index (κ1) is 59.6. The van der Waals surface area contributed by atoms with Gasteiger partial charge in [-0.2, -0.15) is 0 Å². The van der Waals surface area contributed by atoms with Crippen molar-refractivity contribution >= 4 is 5.91 Å². The molecule has 0 spiro atoms. The minimum absolute atomic E-state index is 0.255. The van der Waals surface area contributed by atoms with Crippen molar-refractivity contribution < 1.29 is 50.0 Å². The zero-order valence-electron chi connectivity index (χ0n) is 40.3. The molecule has 0 aliphatic carbocycles. The first-order chi connectivity index (χ1) is 30.7. The molecule has 0 bridgehead atoms. The second kappa shape index (κ2) is 42.0. The quantitative estimate of drug-likeness (QED) is 0.0216. The van der Waals surface area contributed by atoms with Gasteiger partial charge in [0.15, 0.2) is 6.29 Å². The zero-order valence-corrected chi connectivity index (χ0v) is 40.3. The van der Waals surface area contributed by atoms with Crippen LogP contribution in [0.1, 0.15) is 232 Å². The number of ether oxygens (including phenoxy) is 2. The lowest BCUT2D eigenvalue weighted by Gasteiger charge is -2.40. The highest BCUT2D eigenvalue weighted by Crippen LogP contribution is 2.23. The number of amides is 1. The second-order valence-corrected chi connectivity index (χ2v) is 18.6. The van der Waals surface area contributed by atoms with Crippen LogP contribution in [0.2, 0.25) is 0 Å². The van der Waals surface area contributed by atoms with Crippen molar-refractivity contribution in [1.29, 1.82) is 0 Å². The average Bonchev–Trinajstić information content (AvgIpc) is 3.28. The topological polar surface area (TPSA) is 189 Å². The van der Waals surface area contributed by atoms with E-state index >= 15 is 0 Å².